The zero-order valence-electron chi connectivity index (χ0n) is 9.69. The molecule has 1 aromatic carbocycles. The van der Waals surface area contributed by atoms with Crippen molar-refractivity contribution < 1.29 is 8.42 Å². The molecule has 1 N–H and O–H groups in total. The van der Waals surface area contributed by atoms with E-state index in [4.69, 9.17) is 11.6 Å². The van der Waals surface area contributed by atoms with Crippen LogP contribution in [0.5, 0.6) is 0 Å². The van der Waals surface area contributed by atoms with Gasteiger partial charge >= 0.3 is 0 Å². The van der Waals surface area contributed by atoms with Gasteiger partial charge in [0.05, 0.1) is 4.90 Å². The summed E-state index contributed by atoms with van der Waals surface area (Å²) in [6, 6.07) is 7.06. The molecule has 17 heavy (non-hydrogen) atoms. The molecule has 0 amide bonds. The summed E-state index contributed by atoms with van der Waals surface area (Å²) in [4.78, 5) is 0.329. The van der Waals surface area contributed by atoms with Crippen molar-refractivity contribution in [1.29, 1.82) is 0 Å². The molecule has 1 aliphatic rings. The smallest absolute Gasteiger partial charge is 0.208 e. The largest absolute Gasteiger partial charge is 0.240 e. The van der Waals surface area contributed by atoms with Gasteiger partial charge in [-0.05, 0) is 43.9 Å². The maximum Gasteiger partial charge on any atom is 0.240 e. The summed E-state index contributed by atoms with van der Waals surface area (Å²) < 4.78 is 26.4. The minimum absolute atomic E-state index is 0.0575. The fourth-order valence-corrected chi connectivity index (χ4v) is 3.10. The molecule has 0 aliphatic heterocycles. The summed E-state index contributed by atoms with van der Waals surface area (Å²) in [6.45, 7) is 1.92. The Labute approximate surface area is 107 Å². The van der Waals surface area contributed by atoms with E-state index in [-0.39, 0.29) is 11.4 Å². The van der Waals surface area contributed by atoms with Gasteiger partial charge in [-0.1, -0.05) is 12.1 Å². The average Bonchev–Trinajstić information content (AvgIpc) is 3.01. The van der Waals surface area contributed by atoms with Crippen LogP contribution in [0.15, 0.2) is 29.2 Å². The Morgan fingerprint density at radius 3 is 2.41 bits per heavy atom. The van der Waals surface area contributed by atoms with Crippen LogP contribution in [0.3, 0.4) is 0 Å². The Bertz CT molecular complexity index is 478. The Hall–Kier alpha value is -0.580. The number of rotatable bonds is 5. The van der Waals surface area contributed by atoms with Crippen LogP contribution in [0.1, 0.15) is 25.3 Å². The highest BCUT2D eigenvalue weighted by Crippen LogP contribution is 2.22. The predicted octanol–water partition coefficient (Wildman–Crippen LogP) is 2.30. The molecule has 3 nitrogen and oxygen atoms in total. The van der Waals surface area contributed by atoms with Gasteiger partial charge in [-0.2, -0.15) is 0 Å². The van der Waals surface area contributed by atoms with E-state index in [1.165, 1.54) is 0 Å². The van der Waals surface area contributed by atoms with E-state index in [1.807, 2.05) is 19.1 Å². The Morgan fingerprint density at radius 2 is 1.94 bits per heavy atom. The third kappa shape index (κ3) is 3.69. The average molecular weight is 274 g/mol. The first kappa shape index (κ1) is 12.9. The van der Waals surface area contributed by atoms with E-state index in [0.29, 0.717) is 4.90 Å². The van der Waals surface area contributed by atoms with E-state index in [0.717, 1.165) is 24.8 Å². The second kappa shape index (κ2) is 4.96. The van der Waals surface area contributed by atoms with Crippen LogP contribution in [-0.2, 0) is 16.4 Å². The standard InChI is InChI=1S/C12H16ClNO2S/c1-9(13)8-10-2-6-12(7-3-10)17(15,16)14-11-4-5-11/h2-3,6-7,9,11,14H,4-5,8H2,1H3. The van der Waals surface area contributed by atoms with Gasteiger partial charge in [0.1, 0.15) is 0 Å². The Morgan fingerprint density at radius 1 is 1.35 bits per heavy atom. The molecule has 1 atom stereocenters. The van der Waals surface area contributed by atoms with Gasteiger partial charge in [0, 0.05) is 11.4 Å². The molecule has 1 fully saturated rings. The molecule has 1 unspecified atom stereocenters. The molecule has 1 aliphatic carbocycles. The zero-order chi connectivity index (χ0) is 12.5. The van der Waals surface area contributed by atoms with E-state index >= 15 is 0 Å². The molecular formula is C12H16ClNO2S. The molecule has 0 aromatic heterocycles. The van der Waals surface area contributed by atoms with Crippen LogP contribution >= 0.6 is 11.6 Å². The summed E-state index contributed by atoms with van der Waals surface area (Å²) in [5.41, 5.74) is 1.05. The summed E-state index contributed by atoms with van der Waals surface area (Å²) >= 11 is 5.89. The molecule has 0 saturated heterocycles. The van der Waals surface area contributed by atoms with Gasteiger partial charge in [0.25, 0.3) is 0 Å². The monoisotopic (exact) mass is 273 g/mol. The predicted molar refractivity (Wildman–Crippen MR) is 68.8 cm³/mol. The molecule has 0 heterocycles. The normalized spacial score (nSPS) is 18.0. The molecule has 94 valence electrons. The lowest BCUT2D eigenvalue weighted by Gasteiger charge is -2.07. The molecular weight excluding hydrogens is 258 g/mol. The minimum Gasteiger partial charge on any atom is -0.208 e. The zero-order valence-corrected chi connectivity index (χ0v) is 11.3. The molecule has 5 heteroatoms. The number of alkyl halides is 1. The summed E-state index contributed by atoms with van der Waals surface area (Å²) in [6.07, 6.45) is 2.64. The molecule has 2 rings (SSSR count). The maximum absolute atomic E-state index is 11.9. The van der Waals surface area contributed by atoms with Crippen LogP contribution in [0, 0.1) is 0 Å². The van der Waals surface area contributed by atoms with Crippen molar-refractivity contribution in [2.75, 3.05) is 0 Å². The lowest BCUT2D eigenvalue weighted by atomic mass is 10.1. The van der Waals surface area contributed by atoms with Crippen LogP contribution in [0.4, 0.5) is 0 Å². The topological polar surface area (TPSA) is 46.2 Å². The fourth-order valence-electron chi connectivity index (χ4n) is 1.62. The fraction of sp³-hybridized carbons (Fsp3) is 0.500. The number of hydrogen-bond acceptors (Lipinski definition) is 2. The van der Waals surface area contributed by atoms with Crippen molar-refractivity contribution in [3.05, 3.63) is 29.8 Å². The number of halogens is 1. The van der Waals surface area contributed by atoms with Gasteiger partial charge in [-0.15, -0.1) is 11.6 Å². The molecule has 0 radical (unpaired) electrons. The first-order valence-electron chi connectivity index (χ1n) is 5.73. The van der Waals surface area contributed by atoms with Crippen molar-refractivity contribution >= 4 is 21.6 Å². The highest BCUT2D eigenvalue weighted by molar-refractivity contribution is 7.89. The number of nitrogens with one attached hydrogen (secondary N) is 1. The van der Waals surface area contributed by atoms with Gasteiger partial charge in [0.2, 0.25) is 10.0 Å². The number of hydrogen-bond donors (Lipinski definition) is 1. The summed E-state index contributed by atoms with van der Waals surface area (Å²) in [7, 11) is -3.33. The van der Waals surface area contributed by atoms with Crippen LogP contribution in [-0.4, -0.2) is 19.8 Å². The first-order valence-corrected chi connectivity index (χ1v) is 7.65. The van der Waals surface area contributed by atoms with Crippen molar-refractivity contribution in [3.63, 3.8) is 0 Å². The molecule has 1 aromatic rings. The highest BCUT2D eigenvalue weighted by atomic mass is 35.5. The Balaban J connectivity index is 2.11. The maximum atomic E-state index is 11.9. The third-order valence-electron chi connectivity index (χ3n) is 2.65. The van der Waals surface area contributed by atoms with Crippen LogP contribution in [0.2, 0.25) is 0 Å². The van der Waals surface area contributed by atoms with E-state index < -0.39 is 10.0 Å². The van der Waals surface area contributed by atoms with Crippen LogP contribution in [0.25, 0.3) is 0 Å². The molecule has 1 saturated carbocycles. The third-order valence-corrected chi connectivity index (χ3v) is 4.34. The second-order valence-electron chi connectivity index (χ2n) is 4.52. The molecule has 0 spiro atoms. The number of sulfonamides is 1. The quantitative estimate of drug-likeness (QED) is 0.837. The second-order valence-corrected chi connectivity index (χ2v) is 6.98. The van der Waals surface area contributed by atoms with Gasteiger partial charge in [0.15, 0.2) is 0 Å². The first-order chi connectivity index (χ1) is 7.97. The minimum atomic E-state index is -3.33. The van der Waals surface area contributed by atoms with Crippen LogP contribution < -0.4 is 4.72 Å². The van der Waals surface area contributed by atoms with Gasteiger partial charge < -0.3 is 0 Å². The van der Waals surface area contributed by atoms with Crippen molar-refractivity contribution in [2.45, 2.75) is 42.5 Å². The van der Waals surface area contributed by atoms with E-state index in [2.05, 4.69) is 4.72 Å². The summed E-state index contributed by atoms with van der Waals surface area (Å²) in [5, 5.41) is 0.0575. The number of benzene rings is 1. The van der Waals surface area contributed by atoms with Crippen molar-refractivity contribution in [1.82, 2.24) is 4.72 Å². The lowest BCUT2D eigenvalue weighted by Crippen LogP contribution is -2.25. The Kier molecular flexibility index (Phi) is 3.76. The van der Waals surface area contributed by atoms with E-state index in [9.17, 15) is 8.42 Å². The highest BCUT2D eigenvalue weighted by Gasteiger charge is 2.27. The van der Waals surface area contributed by atoms with Crippen molar-refractivity contribution in [3.8, 4) is 0 Å². The van der Waals surface area contributed by atoms with E-state index in [1.54, 1.807) is 12.1 Å². The summed E-state index contributed by atoms with van der Waals surface area (Å²) in [5.74, 6) is 0. The van der Waals surface area contributed by atoms with Crippen molar-refractivity contribution in [2.24, 2.45) is 0 Å². The molecule has 0 bridgehead atoms. The lowest BCUT2D eigenvalue weighted by molar-refractivity contribution is 0.581. The van der Waals surface area contributed by atoms with Gasteiger partial charge in [-0.25, -0.2) is 13.1 Å². The SMILES string of the molecule is CC(Cl)Cc1ccc(S(=O)(=O)NC2CC2)cc1. The van der Waals surface area contributed by atoms with Gasteiger partial charge in [-0.3, -0.25) is 0 Å².